The highest BCUT2D eigenvalue weighted by Crippen LogP contribution is 2.37. The van der Waals surface area contributed by atoms with Gasteiger partial charge < -0.3 is 15.2 Å². The van der Waals surface area contributed by atoms with Crippen molar-refractivity contribution in [3.8, 4) is 5.75 Å². The predicted molar refractivity (Wildman–Crippen MR) is 79.3 cm³/mol. The molecule has 0 spiro atoms. The van der Waals surface area contributed by atoms with Gasteiger partial charge in [-0.3, -0.25) is 9.59 Å². The summed E-state index contributed by atoms with van der Waals surface area (Å²) in [6, 6.07) is 7.19. The highest BCUT2D eigenvalue weighted by atomic mass is 16.5. The fourth-order valence-electron chi connectivity index (χ4n) is 2.93. The van der Waals surface area contributed by atoms with Crippen LogP contribution in [0.15, 0.2) is 24.3 Å². The maximum atomic E-state index is 12.4. The van der Waals surface area contributed by atoms with Crippen LogP contribution in [-0.4, -0.2) is 23.6 Å². The number of benzene rings is 1. The molecule has 1 saturated carbocycles. The predicted octanol–water partition coefficient (Wildman–Crippen LogP) is 2.77. The van der Waals surface area contributed by atoms with Crippen LogP contribution in [0.3, 0.4) is 0 Å². The largest absolute Gasteiger partial charge is 0.492 e. The summed E-state index contributed by atoms with van der Waals surface area (Å²) in [5.74, 6) is -1.35. The topological polar surface area (TPSA) is 75.6 Å². The molecule has 3 atom stereocenters. The Balaban J connectivity index is 2.12. The highest BCUT2D eigenvalue weighted by Gasteiger charge is 2.41. The van der Waals surface area contributed by atoms with Crippen molar-refractivity contribution in [2.24, 2.45) is 17.8 Å². The number of anilines is 1. The van der Waals surface area contributed by atoms with Gasteiger partial charge in [-0.2, -0.15) is 0 Å². The van der Waals surface area contributed by atoms with Crippen LogP contribution in [0.2, 0.25) is 0 Å². The number of nitrogens with one attached hydrogen (secondary N) is 1. The van der Waals surface area contributed by atoms with E-state index in [0.717, 1.165) is 0 Å². The van der Waals surface area contributed by atoms with E-state index >= 15 is 0 Å². The molecule has 0 aliphatic heterocycles. The molecule has 0 aromatic heterocycles. The van der Waals surface area contributed by atoms with Gasteiger partial charge in [0.1, 0.15) is 5.75 Å². The maximum Gasteiger partial charge on any atom is 0.307 e. The van der Waals surface area contributed by atoms with Gasteiger partial charge in [0, 0.05) is 0 Å². The van der Waals surface area contributed by atoms with Crippen molar-refractivity contribution < 1.29 is 19.4 Å². The summed E-state index contributed by atoms with van der Waals surface area (Å²) in [6.45, 7) is 4.36. The molecule has 5 nitrogen and oxygen atoms in total. The third kappa shape index (κ3) is 3.54. The minimum atomic E-state index is -0.891. The van der Waals surface area contributed by atoms with Gasteiger partial charge in [-0.1, -0.05) is 19.1 Å². The average molecular weight is 291 g/mol. The van der Waals surface area contributed by atoms with E-state index in [9.17, 15) is 14.7 Å². The van der Waals surface area contributed by atoms with Crippen LogP contribution in [0.1, 0.15) is 26.7 Å². The average Bonchev–Trinajstić information content (AvgIpc) is 2.84. The molecule has 5 heteroatoms. The van der Waals surface area contributed by atoms with Gasteiger partial charge in [0.2, 0.25) is 5.91 Å². The Morgan fingerprint density at radius 1 is 1.29 bits per heavy atom. The zero-order valence-corrected chi connectivity index (χ0v) is 12.3. The zero-order valence-electron chi connectivity index (χ0n) is 12.3. The van der Waals surface area contributed by atoms with Crippen molar-refractivity contribution in [2.75, 3.05) is 11.9 Å². The molecule has 2 N–H and O–H groups in total. The summed E-state index contributed by atoms with van der Waals surface area (Å²) in [6.07, 6.45) is 1.17. The second-order valence-electron chi connectivity index (χ2n) is 5.55. The molecule has 1 aliphatic carbocycles. The van der Waals surface area contributed by atoms with Gasteiger partial charge in [0.05, 0.1) is 24.1 Å². The molecule has 1 fully saturated rings. The number of carboxylic acid groups (broad SMARTS) is 1. The van der Waals surface area contributed by atoms with Crippen LogP contribution in [0.25, 0.3) is 0 Å². The molecule has 1 aromatic carbocycles. The Labute approximate surface area is 124 Å². The van der Waals surface area contributed by atoms with Crippen molar-refractivity contribution >= 4 is 17.6 Å². The molecule has 0 bridgehead atoms. The number of carboxylic acids is 1. The first-order chi connectivity index (χ1) is 10.0. The number of hydrogen-bond donors (Lipinski definition) is 2. The van der Waals surface area contributed by atoms with Gasteiger partial charge in [0.15, 0.2) is 0 Å². The lowest BCUT2D eigenvalue weighted by atomic mass is 9.95. The number of carbonyl (C=O) groups excluding carboxylic acids is 1. The molecule has 1 unspecified atom stereocenters. The number of rotatable bonds is 5. The minimum Gasteiger partial charge on any atom is -0.492 e. The second kappa shape index (κ2) is 6.61. The van der Waals surface area contributed by atoms with Gasteiger partial charge in [-0.25, -0.2) is 0 Å². The third-order valence-corrected chi connectivity index (χ3v) is 3.90. The van der Waals surface area contributed by atoms with Crippen molar-refractivity contribution in [2.45, 2.75) is 26.7 Å². The molecule has 21 heavy (non-hydrogen) atoms. The van der Waals surface area contributed by atoms with Crippen LogP contribution in [0.4, 0.5) is 5.69 Å². The zero-order chi connectivity index (χ0) is 15.4. The number of carbonyl (C=O) groups is 2. The lowest BCUT2D eigenvalue weighted by Crippen LogP contribution is -2.30. The fourth-order valence-corrected chi connectivity index (χ4v) is 2.93. The van der Waals surface area contributed by atoms with E-state index in [-0.39, 0.29) is 11.8 Å². The third-order valence-electron chi connectivity index (χ3n) is 3.90. The van der Waals surface area contributed by atoms with E-state index < -0.39 is 17.8 Å². The first kappa shape index (κ1) is 15.4. The summed E-state index contributed by atoms with van der Waals surface area (Å²) >= 11 is 0. The Bertz CT molecular complexity index is 529. The highest BCUT2D eigenvalue weighted by molar-refractivity contribution is 5.96. The molecule has 114 valence electrons. The summed E-state index contributed by atoms with van der Waals surface area (Å²) in [4.78, 5) is 23.7. The minimum absolute atomic E-state index is 0.237. The van der Waals surface area contributed by atoms with Crippen LogP contribution >= 0.6 is 0 Å². The Kier molecular flexibility index (Phi) is 4.83. The standard InChI is InChI=1S/C16H21NO4/c1-3-21-14-7-5-4-6-13(14)17-15(18)11-8-10(2)9-12(11)16(19)20/h4-7,10-12H,3,8-9H2,1-2H3,(H,17,18)(H,19,20)/t10?,11-,12+/m0/s1. The Morgan fingerprint density at radius 3 is 2.62 bits per heavy atom. The number of amides is 1. The molecule has 0 radical (unpaired) electrons. The smallest absolute Gasteiger partial charge is 0.307 e. The summed E-state index contributed by atoms with van der Waals surface area (Å²) in [5.41, 5.74) is 0.591. The molecule has 1 aromatic rings. The lowest BCUT2D eigenvalue weighted by Gasteiger charge is -2.17. The summed E-state index contributed by atoms with van der Waals surface area (Å²) in [7, 11) is 0. The summed E-state index contributed by atoms with van der Waals surface area (Å²) < 4.78 is 5.46. The van der Waals surface area contributed by atoms with Crippen molar-refractivity contribution in [3.05, 3.63) is 24.3 Å². The van der Waals surface area contributed by atoms with Gasteiger partial charge >= 0.3 is 5.97 Å². The van der Waals surface area contributed by atoms with Crippen LogP contribution in [0, 0.1) is 17.8 Å². The maximum absolute atomic E-state index is 12.4. The van der Waals surface area contributed by atoms with Gasteiger partial charge in [-0.15, -0.1) is 0 Å². The number of ether oxygens (including phenoxy) is 1. The molecule has 0 saturated heterocycles. The van der Waals surface area contributed by atoms with Crippen molar-refractivity contribution in [1.82, 2.24) is 0 Å². The summed E-state index contributed by atoms with van der Waals surface area (Å²) in [5, 5.41) is 12.1. The normalized spacial score (nSPS) is 24.6. The van der Waals surface area contributed by atoms with E-state index in [1.165, 1.54) is 0 Å². The second-order valence-corrected chi connectivity index (χ2v) is 5.55. The van der Waals surface area contributed by atoms with E-state index in [2.05, 4.69) is 5.32 Å². The Hall–Kier alpha value is -2.04. The van der Waals surface area contributed by atoms with Gasteiger partial charge in [0.25, 0.3) is 0 Å². The molecular weight excluding hydrogens is 270 g/mol. The molecule has 1 amide bonds. The first-order valence-electron chi connectivity index (χ1n) is 7.28. The Morgan fingerprint density at radius 2 is 1.95 bits per heavy atom. The SMILES string of the molecule is CCOc1ccccc1NC(=O)[C@H]1CC(C)C[C@H]1C(=O)O. The number of hydrogen-bond acceptors (Lipinski definition) is 3. The molecule has 1 aliphatic rings. The van der Waals surface area contributed by atoms with Crippen LogP contribution < -0.4 is 10.1 Å². The molecule has 2 rings (SSSR count). The number of aliphatic carboxylic acids is 1. The fraction of sp³-hybridized carbons (Fsp3) is 0.500. The molecular formula is C16H21NO4. The van der Waals surface area contributed by atoms with Crippen LogP contribution in [-0.2, 0) is 9.59 Å². The quantitative estimate of drug-likeness (QED) is 0.874. The van der Waals surface area contributed by atoms with E-state index in [1.807, 2.05) is 26.0 Å². The van der Waals surface area contributed by atoms with Crippen LogP contribution in [0.5, 0.6) is 5.75 Å². The molecule has 0 heterocycles. The number of para-hydroxylation sites is 2. The van der Waals surface area contributed by atoms with E-state index in [4.69, 9.17) is 4.74 Å². The van der Waals surface area contributed by atoms with E-state index in [1.54, 1.807) is 12.1 Å². The first-order valence-corrected chi connectivity index (χ1v) is 7.28. The van der Waals surface area contributed by atoms with Gasteiger partial charge in [-0.05, 0) is 37.8 Å². The van der Waals surface area contributed by atoms with Crippen molar-refractivity contribution in [1.29, 1.82) is 0 Å². The van der Waals surface area contributed by atoms with E-state index in [0.29, 0.717) is 30.9 Å². The lowest BCUT2D eigenvalue weighted by molar-refractivity contribution is -0.145. The van der Waals surface area contributed by atoms with Crippen molar-refractivity contribution in [3.63, 3.8) is 0 Å². The monoisotopic (exact) mass is 291 g/mol.